The Morgan fingerprint density at radius 2 is 2.00 bits per heavy atom. The number of hydrogen-bond acceptors (Lipinski definition) is 3. The molecule has 2 N–H and O–H groups in total. The molecule has 2 rings (SSSR count). The maximum Gasteiger partial charge on any atom is 0.337 e. The van der Waals surface area contributed by atoms with Crippen LogP contribution in [0.1, 0.15) is 25.6 Å². The van der Waals surface area contributed by atoms with Crippen molar-refractivity contribution in [1.29, 1.82) is 0 Å². The molecule has 0 spiro atoms. The molecule has 0 aliphatic carbocycles. The Kier molecular flexibility index (Phi) is 4.01. The summed E-state index contributed by atoms with van der Waals surface area (Å²) in [5.41, 5.74) is 1.34. The van der Waals surface area contributed by atoms with Crippen LogP contribution in [0.25, 0.3) is 0 Å². The lowest BCUT2D eigenvalue weighted by atomic mass is 10.2. The smallest absolute Gasteiger partial charge is 0.337 e. The highest BCUT2D eigenvalue weighted by Crippen LogP contribution is 2.28. The monoisotopic (exact) mass is 339 g/mol. The van der Waals surface area contributed by atoms with Crippen molar-refractivity contribution in [2.24, 2.45) is 0 Å². The van der Waals surface area contributed by atoms with E-state index in [9.17, 15) is 9.59 Å². The van der Waals surface area contributed by atoms with E-state index in [-0.39, 0.29) is 11.5 Å². The second-order valence-electron chi connectivity index (χ2n) is 3.87. The number of carboxylic acid groups (broad SMARTS) is 1. The van der Waals surface area contributed by atoms with Gasteiger partial charge < -0.3 is 10.4 Å². The minimum atomic E-state index is -1.07. The summed E-state index contributed by atoms with van der Waals surface area (Å²) in [6, 6.07) is 8.07. The van der Waals surface area contributed by atoms with E-state index in [2.05, 4.69) is 21.2 Å². The Morgan fingerprint density at radius 1 is 1.32 bits per heavy atom. The standard InChI is InChI=1S/C13H10BrNO3S/c1-7-6-10(19-11(7)14)12(16)15-9-5-3-2-4-8(9)13(17)18/h2-6H,1H3,(H,15,16)(H,17,18). The van der Waals surface area contributed by atoms with Gasteiger partial charge in [0.1, 0.15) is 0 Å². The summed E-state index contributed by atoms with van der Waals surface area (Å²) in [7, 11) is 0. The van der Waals surface area contributed by atoms with Gasteiger partial charge in [-0.1, -0.05) is 12.1 Å². The number of carbonyl (C=O) groups excluding carboxylic acids is 1. The molecule has 1 heterocycles. The molecule has 6 heteroatoms. The van der Waals surface area contributed by atoms with Gasteiger partial charge in [0.15, 0.2) is 0 Å². The number of carboxylic acids is 1. The summed E-state index contributed by atoms with van der Waals surface area (Å²) in [4.78, 5) is 23.6. The number of aromatic carboxylic acids is 1. The maximum absolute atomic E-state index is 12.0. The Labute approximate surface area is 122 Å². The minimum absolute atomic E-state index is 0.0724. The summed E-state index contributed by atoms with van der Waals surface area (Å²) < 4.78 is 0.893. The zero-order valence-corrected chi connectivity index (χ0v) is 12.3. The molecule has 2 aromatic rings. The third-order valence-electron chi connectivity index (χ3n) is 2.49. The van der Waals surface area contributed by atoms with Crippen molar-refractivity contribution in [3.05, 3.63) is 50.1 Å². The lowest BCUT2D eigenvalue weighted by Gasteiger charge is -2.06. The number of carbonyl (C=O) groups is 2. The molecule has 0 saturated heterocycles. The predicted octanol–water partition coefficient (Wildman–Crippen LogP) is 3.77. The third-order valence-corrected chi connectivity index (χ3v) is 4.62. The summed E-state index contributed by atoms with van der Waals surface area (Å²) in [6.45, 7) is 1.89. The number of aryl methyl sites for hydroxylation is 1. The van der Waals surface area contributed by atoms with E-state index >= 15 is 0 Å². The molecule has 0 saturated carbocycles. The topological polar surface area (TPSA) is 66.4 Å². The molecule has 19 heavy (non-hydrogen) atoms. The molecular weight excluding hydrogens is 330 g/mol. The van der Waals surface area contributed by atoms with Gasteiger partial charge >= 0.3 is 5.97 Å². The molecule has 0 bridgehead atoms. The molecule has 0 aliphatic rings. The van der Waals surface area contributed by atoms with Crippen molar-refractivity contribution in [3.63, 3.8) is 0 Å². The zero-order chi connectivity index (χ0) is 14.0. The van der Waals surface area contributed by atoms with Crippen LogP contribution in [0.2, 0.25) is 0 Å². The average molecular weight is 340 g/mol. The van der Waals surface area contributed by atoms with E-state index in [1.54, 1.807) is 24.3 Å². The summed E-state index contributed by atoms with van der Waals surface area (Å²) >= 11 is 4.67. The van der Waals surface area contributed by atoms with E-state index in [0.717, 1.165) is 9.35 Å². The number of rotatable bonds is 3. The molecule has 98 valence electrons. The number of para-hydroxylation sites is 1. The molecular formula is C13H10BrNO3S. The van der Waals surface area contributed by atoms with Gasteiger partial charge in [0.05, 0.1) is 19.9 Å². The van der Waals surface area contributed by atoms with Gasteiger partial charge in [0.2, 0.25) is 0 Å². The molecule has 0 radical (unpaired) electrons. The molecule has 0 aliphatic heterocycles. The quantitative estimate of drug-likeness (QED) is 0.894. The fraction of sp³-hybridized carbons (Fsp3) is 0.0769. The molecule has 0 fully saturated rings. The normalized spacial score (nSPS) is 10.2. The van der Waals surface area contributed by atoms with Crippen LogP contribution in [-0.2, 0) is 0 Å². The highest BCUT2D eigenvalue weighted by atomic mass is 79.9. The predicted molar refractivity (Wildman–Crippen MR) is 78.1 cm³/mol. The number of benzene rings is 1. The Hall–Kier alpha value is -1.66. The van der Waals surface area contributed by atoms with Crippen molar-refractivity contribution in [2.75, 3.05) is 5.32 Å². The van der Waals surface area contributed by atoms with Crippen molar-refractivity contribution in [3.8, 4) is 0 Å². The summed E-state index contributed by atoms with van der Waals surface area (Å²) in [5, 5.41) is 11.7. The first-order chi connectivity index (χ1) is 8.99. The van der Waals surface area contributed by atoms with E-state index in [1.807, 2.05) is 6.92 Å². The van der Waals surface area contributed by atoms with Crippen LogP contribution in [0.15, 0.2) is 34.1 Å². The van der Waals surface area contributed by atoms with Crippen molar-refractivity contribution in [2.45, 2.75) is 6.92 Å². The van der Waals surface area contributed by atoms with Crippen LogP contribution in [-0.4, -0.2) is 17.0 Å². The maximum atomic E-state index is 12.0. The first kappa shape index (κ1) is 13.8. The van der Waals surface area contributed by atoms with Gasteiger partial charge in [-0.2, -0.15) is 0 Å². The summed E-state index contributed by atoms with van der Waals surface area (Å²) in [6.07, 6.45) is 0. The number of halogens is 1. The second kappa shape index (κ2) is 5.54. The van der Waals surface area contributed by atoms with E-state index in [1.165, 1.54) is 17.4 Å². The van der Waals surface area contributed by atoms with Crippen LogP contribution in [0, 0.1) is 6.92 Å². The van der Waals surface area contributed by atoms with Gasteiger partial charge in [-0.15, -0.1) is 11.3 Å². The van der Waals surface area contributed by atoms with Gasteiger partial charge in [-0.3, -0.25) is 4.79 Å². The fourth-order valence-corrected chi connectivity index (χ4v) is 2.96. The van der Waals surface area contributed by atoms with Crippen LogP contribution in [0.4, 0.5) is 5.69 Å². The van der Waals surface area contributed by atoms with E-state index in [0.29, 0.717) is 10.6 Å². The van der Waals surface area contributed by atoms with E-state index in [4.69, 9.17) is 5.11 Å². The van der Waals surface area contributed by atoms with Gasteiger partial charge in [-0.25, -0.2) is 4.79 Å². The highest BCUT2D eigenvalue weighted by molar-refractivity contribution is 9.11. The van der Waals surface area contributed by atoms with Crippen LogP contribution < -0.4 is 5.32 Å². The Balaban J connectivity index is 2.26. The number of amides is 1. The number of anilines is 1. The second-order valence-corrected chi connectivity index (χ2v) is 6.24. The Morgan fingerprint density at radius 3 is 2.58 bits per heavy atom. The van der Waals surface area contributed by atoms with Crippen LogP contribution in [0.3, 0.4) is 0 Å². The lowest BCUT2D eigenvalue weighted by Crippen LogP contribution is -2.13. The molecule has 4 nitrogen and oxygen atoms in total. The fourth-order valence-electron chi connectivity index (χ4n) is 1.53. The zero-order valence-electron chi connectivity index (χ0n) is 9.94. The first-order valence-corrected chi connectivity index (χ1v) is 6.99. The van der Waals surface area contributed by atoms with Gasteiger partial charge in [-0.05, 0) is 46.6 Å². The SMILES string of the molecule is Cc1cc(C(=O)Nc2ccccc2C(=O)O)sc1Br. The molecule has 1 aromatic carbocycles. The molecule has 0 atom stereocenters. The first-order valence-electron chi connectivity index (χ1n) is 5.38. The minimum Gasteiger partial charge on any atom is -0.478 e. The lowest BCUT2D eigenvalue weighted by molar-refractivity contribution is 0.0698. The van der Waals surface area contributed by atoms with Gasteiger partial charge in [0, 0.05) is 0 Å². The largest absolute Gasteiger partial charge is 0.478 e. The van der Waals surface area contributed by atoms with Gasteiger partial charge in [0.25, 0.3) is 5.91 Å². The third kappa shape index (κ3) is 3.02. The van der Waals surface area contributed by atoms with Crippen molar-refractivity contribution in [1.82, 2.24) is 0 Å². The number of nitrogens with one attached hydrogen (secondary N) is 1. The van der Waals surface area contributed by atoms with Crippen molar-refractivity contribution < 1.29 is 14.7 Å². The van der Waals surface area contributed by atoms with Crippen LogP contribution in [0.5, 0.6) is 0 Å². The molecule has 1 amide bonds. The number of thiophene rings is 1. The molecule has 1 aromatic heterocycles. The Bertz CT molecular complexity index is 632. The number of hydrogen-bond donors (Lipinski definition) is 2. The summed E-state index contributed by atoms with van der Waals surface area (Å²) in [5.74, 6) is -1.38. The highest BCUT2D eigenvalue weighted by Gasteiger charge is 2.15. The van der Waals surface area contributed by atoms with Crippen LogP contribution >= 0.6 is 27.3 Å². The average Bonchev–Trinajstić information content (AvgIpc) is 2.70. The van der Waals surface area contributed by atoms with E-state index < -0.39 is 5.97 Å². The van der Waals surface area contributed by atoms with Crippen molar-refractivity contribution >= 4 is 44.8 Å². The molecule has 0 unspecified atom stereocenters.